The summed E-state index contributed by atoms with van der Waals surface area (Å²) in [6.07, 6.45) is 8.06. The summed E-state index contributed by atoms with van der Waals surface area (Å²) < 4.78 is 247. The zero-order chi connectivity index (χ0) is 48.3. The Morgan fingerprint density at radius 1 is 0.312 bits per heavy atom. The van der Waals surface area contributed by atoms with Gasteiger partial charge in [-0.3, -0.25) is 0 Å². The Labute approximate surface area is 360 Å². The van der Waals surface area contributed by atoms with Crippen LogP contribution in [0, 0.1) is 133 Å². The van der Waals surface area contributed by atoms with Gasteiger partial charge in [-0.25, -0.2) is 70.2 Å². The van der Waals surface area contributed by atoms with E-state index >= 15 is 70.2 Å². The van der Waals surface area contributed by atoms with Crippen LogP contribution in [0.3, 0.4) is 0 Å². The molecule has 4 aromatic rings. The van der Waals surface area contributed by atoms with Gasteiger partial charge in [0.1, 0.15) is 52.7 Å². The third-order valence-electron chi connectivity index (χ3n) is 14.2. The van der Waals surface area contributed by atoms with Crippen molar-refractivity contribution < 1.29 is 75.6 Å². The minimum absolute atomic E-state index is 0.292. The molecule has 0 aliphatic heterocycles. The first-order valence-electron chi connectivity index (χ1n) is 21.1. The lowest BCUT2D eigenvalue weighted by molar-refractivity contribution is -0.806. The van der Waals surface area contributed by atoms with Gasteiger partial charge in [0.2, 0.25) is 0 Å². The van der Waals surface area contributed by atoms with E-state index in [0.29, 0.717) is 38.8 Å². The molecule has 0 heterocycles. The van der Waals surface area contributed by atoms with Crippen LogP contribution in [0.5, 0.6) is 0 Å². The Morgan fingerprint density at radius 2 is 0.484 bits per heavy atom. The Hall–Kier alpha value is -4.22. The second-order valence-corrected chi connectivity index (χ2v) is 18.1. The van der Waals surface area contributed by atoms with Crippen LogP contribution >= 0.6 is 0 Å². The van der Waals surface area contributed by atoms with Gasteiger partial charge in [-0.15, -0.1) is 21.9 Å². The van der Waals surface area contributed by atoms with Crippen molar-refractivity contribution in [3.8, 4) is 0 Å². The summed E-state index contributed by atoms with van der Waals surface area (Å²) in [5.41, 5.74) is -17.4. The van der Waals surface area contributed by atoms with Crippen molar-refractivity contribution in [1.29, 1.82) is 0 Å². The number of hydrogen-bond donors (Lipinski definition) is 1. The van der Waals surface area contributed by atoms with Crippen LogP contribution in [0.1, 0.15) is 114 Å². The van der Waals surface area contributed by atoms with Gasteiger partial charge in [0.05, 0.1) is 11.1 Å². The van der Waals surface area contributed by atoms with Crippen LogP contribution in [-0.2, 0) is 0 Å². The lowest BCUT2D eigenvalue weighted by Crippen LogP contribution is -3.08. The van der Waals surface area contributed by atoms with Crippen LogP contribution in [-0.4, -0.2) is 17.2 Å². The minimum Gasteiger partial charge on any atom is -0.336 e. The van der Waals surface area contributed by atoms with E-state index in [2.05, 4.69) is 33.0 Å². The molecule has 0 amide bonds. The smallest absolute Gasteiger partial charge is 0.161 e. The second kappa shape index (κ2) is 18.6. The molecule has 4 aromatic carbocycles. The van der Waals surface area contributed by atoms with E-state index in [-0.39, 0.29) is 0 Å². The number of halogens is 16. The molecule has 0 spiro atoms. The number of nitrogens with two attached hydrogens (primary N) is 1. The predicted octanol–water partition coefficient (Wildman–Crippen LogP) is 10.8. The Balaban J connectivity index is 0.000000337. The van der Waals surface area contributed by atoms with Crippen molar-refractivity contribution in [2.75, 3.05) is 0 Å². The van der Waals surface area contributed by atoms with Crippen LogP contribution in [0.2, 0.25) is 0 Å². The summed E-state index contributed by atoms with van der Waals surface area (Å²) in [6, 6.07) is 0. The third-order valence-corrected chi connectivity index (χ3v) is 14.2. The normalized spacial score (nSPS) is 16.4. The zero-order valence-electron chi connectivity index (χ0n) is 36.4. The Morgan fingerprint density at radius 3 is 0.641 bits per heavy atom. The molecule has 0 aromatic heterocycles. The van der Waals surface area contributed by atoms with Gasteiger partial charge in [-0.2, -0.15) is 0 Å². The maximum Gasteiger partial charge on any atom is 0.161 e. The van der Waals surface area contributed by atoms with Crippen LogP contribution in [0.4, 0.5) is 70.2 Å². The van der Waals surface area contributed by atoms with E-state index < -0.39 is 143 Å². The average molecular weight is 930 g/mol. The van der Waals surface area contributed by atoms with Gasteiger partial charge in [0, 0.05) is 59.8 Å². The summed E-state index contributed by atoms with van der Waals surface area (Å²) in [5, 5.41) is 2.91. The molecule has 0 radical (unpaired) electrons. The Kier molecular flexibility index (Phi) is 14.7. The molecule has 2 aliphatic carbocycles. The first-order chi connectivity index (χ1) is 29.7. The first kappa shape index (κ1) is 50.8. The van der Waals surface area contributed by atoms with Gasteiger partial charge < -0.3 is 5.32 Å². The van der Waals surface area contributed by atoms with Gasteiger partial charge in [0.15, 0.2) is 46.5 Å². The molecular formula is C46H48BF16N. The summed E-state index contributed by atoms with van der Waals surface area (Å²) >= 11 is 0. The topological polar surface area (TPSA) is 16.6 Å². The molecule has 6 rings (SSSR count). The molecule has 2 saturated carbocycles. The molecule has 0 atom stereocenters. The third kappa shape index (κ3) is 7.88. The standard InChI is InChI=1S/C28H12BF16.C18H35N/c1-5-13(30)21(38)9(22(39)14(5)31)29(10-23(40)15(32)6(2)16(33)24(10)41,11-25(42)17(34)7(3)18(35)26(11)43)12-27(44)19(36)8(4)20(37)28(12)45;1-15(2)17(11-7-5-8-12-17)19-18(16(3)4)13-9-6-10-14-18/h1-4H3;15-16,19H,5-14H2,1-4H3/q-1;/p+1. The van der Waals surface area contributed by atoms with E-state index in [1.165, 1.54) is 64.2 Å². The average Bonchev–Trinajstić information content (AvgIpc) is 3.27. The highest BCUT2D eigenvalue weighted by molar-refractivity contribution is 7.20. The molecule has 18 heteroatoms. The molecular weight excluding hydrogens is 881 g/mol. The fourth-order valence-electron chi connectivity index (χ4n) is 10.2. The highest BCUT2D eigenvalue weighted by Gasteiger charge is 2.52. The van der Waals surface area contributed by atoms with E-state index in [0.717, 1.165) is 11.8 Å². The fourth-order valence-corrected chi connectivity index (χ4v) is 10.2. The van der Waals surface area contributed by atoms with Gasteiger partial charge in [-0.05, 0) is 53.4 Å². The van der Waals surface area contributed by atoms with Crippen LogP contribution in [0.15, 0.2) is 0 Å². The van der Waals surface area contributed by atoms with Crippen molar-refractivity contribution in [3.05, 3.63) is 115 Å². The molecule has 2 aliphatic rings. The SMILES string of the molecule is CC(C)C1([NH2+]C2(C(C)C)CCCCC2)CCCCC1.Cc1c(F)c(F)c([B-](c2c(F)c(F)c(C)c(F)c2F)(c2c(F)c(F)c(C)c(F)c2F)c2c(F)c(F)c(C)c(F)c2F)c(F)c1F. The van der Waals surface area contributed by atoms with Crippen LogP contribution in [0.25, 0.3) is 0 Å². The highest BCUT2D eigenvalue weighted by atomic mass is 19.2. The monoisotopic (exact) mass is 929 g/mol. The molecule has 2 N–H and O–H groups in total. The molecule has 0 saturated heterocycles. The lowest BCUT2D eigenvalue weighted by Gasteiger charge is -2.49. The predicted molar refractivity (Wildman–Crippen MR) is 212 cm³/mol. The summed E-state index contributed by atoms with van der Waals surface area (Å²) in [6.45, 7) is 11.1. The van der Waals surface area contributed by atoms with E-state index in [1.54, 1.807) is 0 Å². The van der Waals surface area contributed by atoms with Gasteiger partial charge in [-0.1, -0.05) is 40.5 Å². The van der Waals surface area contributed by atoms with Crippen molar-refractivity contribution in [3.63, 3.8) is 0 Å². The van der Waals surface area contributed by atoms with E-state index in [9.17, 15) is 0 Å². The van der Waals surface area contributed by atoms with Crippen molar-refractivity contribution in [1.82, 2.24) is 0 Å². The summed E-state index contributed by atoms with van der Waals surface area (Å²) in [5.74, 6) is -44.0. The number of hydrogen-bond acceptors (Lipinski definition) is 0. The Bertz CT molecular complexity index is 2040. The number of rotatable bonds is 8. The summed E-state index contributed by atoms with van der Waals surface area (Å²) in [4.78, 5) is 0. The molecule has 2 fully saturated rings. The number of benzene rings is 4. The number of quaternary nitrogens is 1. The van der Waals surface area contributed by atoms with Gasteiger partial charge in [0.25, 0.3) is 0 Å². The molecule has 0 unspecified atom stereocenters. The largest absolute Gasteiger partial charge is 0.336 e. The van der Waals surface area contributed by atoms with E-state index in [4.69, 9.17) is 0 Å². The minimum atomic E-state index is -6.55. The maximum absolute atomic E-state index is 15.8. The maximum atomic E-state index is 15.8. The van der Waals surface area contributed by atoms with Crippen molar-refractivity contribution in [2.45, 2.75) is 131 Å². The van der Waals surface area contributed by atoms with Crippen molar-refractivity contribution in [2.24, 2.45) is 11.8 Å². The molecule has 352 valence electrons. The molecule has 1 nitrogen and oxygen atoms in total. The highest BCUT2D eigenvalue weighted by Crippen LogP contribution is 2.37. The zero-order valence-corrected chi connectivity index (χ0v) is 36.4. The second-order valence-electron chi connectivity index (χ2n) is 18.1. The lowest BCUT2D eigenvalue weighted by atomic mass is 9.12. The quantitative estimate of drug-likeness (QED) is 0.103. The summed E-state index contributed by atoms with van der Waals surface area (Å²) in [7, 11) is 0. The van der Waals surface area contributed by atoms with Crippen LogP contribution < -0.4 is 27.2 Å². The fraction of sp³-hybridized carbons (Fsp3) is 0.478. The molecule has 64 heavy (non-hydrogen) atoms. The van der Waals surface area contributed by atoms with E-state index in [1.807, 2.05) is 0 Å². The first-order valence-corrected chi connectivity index (χ1v) is 21.1. The van der Waals surface area contributed by atoms with Gasteiger partial charge >= 0.3 is 0 Å². The molecule has 0 bridgehead atoms. The van der Waals surface area contributed by atoms with Crippen molar-refractivity contribution >= 4 is 28.0 Å².